The molecule has 2 aromatic rings. The number of aryl methyl sites for hydroxylation is 1. The quantitative estimate of drug-likeness (QED) is 0.765. The van der Waals surface area contributed by atoms with Gasteiger partial charge in [-0.25, -0.2) is 4.98 Å². The van der Waals surface area contributed by atoms with E-state index in [0.29, 0.717) is 11.4 Å². The van der Waals surface area contributed by atoms with E-state index in [2.05, 4.69) is 15.3 Å². The molecule has 0 radical (unpaired) electrons. The summed E-state index contributed by atoms with van der Waals surface area (Å²) in [5.41, 5.74) is 8.15. The van der Waals surface area contributed by atoms with Gasteiger partial charge in [-0.15, -0.1) is 0 Å². The number of nitrogens with two attached hydrogens (primary N) is 1. The Balaban J connectivity index is 2.22. The lowest BCUT2D eigenvalue weighted by Crippen LogP contribution is -2.15. The van der Waals surface area contributed by atoms with Gasteiger partial charge in [0.2, 0.25) is 0 Å². The molecule has 0 aliphatic carbocycles. The van der Waals surface area contributed by atoms with Crippen molar-refractivity contribution in [3.8, 4) is 0 Å². The first-order valence-corrected chi connectivity index (χ1v) is 5.10. The number of carbonyl (C=O) groups excluding carboxylic acids is 1. The van der Waals surface area contributed by atoms with Crippen molar-refractivity contribution in [3.63, 3.8) is 0 Å². The molecule has 0 aliphatic rings. The Bertz CT molecular complexity index is 539. The molecule has 0 saturated carbocycles. The van der Waals surface area contributed by atoms with Crippen molar-refractivity contribution < 1.29 is 4.79 Å². The molecule has 1 heterocycles. The summed E-state index contributed by atoms with van der Waals surface area (Å²) >= 11 is 0. The van der Waals surface area contributed by atoms with Crippen LogP contribution in [0, 0.1) is 6.92 Å². The van der Waals surface area contributed by atoms with Gasteiger partial charge >= 0.3 is 0 Å². The third-order valence-corrected chi connectivity index (χ3v) is 2.25. The molecule has 1 aromatic carbocycles. The Hall–Kier alpha value is -2.43. The van der Waals surface area contributed by atoms with E-state index in [0.717, 1.165) is 5.56 Å². The number of rotatable bonds is 2. The number of benzene rings is 1. The van der Waals surface area contributed by atoms with Crippen LogP contribution in [-0.2, 0) is 0 Å². The minimum atomic E-state index is -0.324. The zero-order valence-electron chi connectivity index (χ0n) is 9.34. The number of anilines is 2. The molecule has 0 fully saturated rings. The van der Waals surface area contributed by atoms with Crippen molar-refractivity contribution >= 4 is 17.3 Å². The van der Waals surface area contributed by atoms with E-state index in [-0.39, 0.29) is 11.6 Å². The first-order valence-electron chi connectivity index (χ1n) is 5.10. The van der Waals surface area contributed by atoms with Crippen LogP contribution in [0.5, 0.6) is 0 Å². The van der Waals surface area contributed by atoms with Crippen molar-refractivity contribution in [1.29, 1.82) is 0 Å². The fourth-order valence-corrected chi connectivity index (χ4v) is 1.38. The largest absolute Gasteiger partial charge is 0.397 e. The minimum absolute atomic E-state index is 0.258. The van der Waals surface area contributed by atoms with E-state index < -0.39 is 0 Å². The molecule has 86 valence electrons. The highest BCUT2D eigenvalue weighted by atomic mass is 16.1. The van der Waals surface area contributed by atoms with Crippen molar-refractivity contribution in [1.82, 2.24) is 9.97 Å². The second kappa shape index (κ2) is 4.61. The first kappa shape index (κ1) is 11.1. The molecule has 0 aliphatic heterocycles. The SMILES string of the molecule is Cc1ccc(N)c(NC(=O)c2cnccn2)c1. The molecule has 3 N–H and O–H groups in total. The fourth-order valence-electron chi connectivity index (χ4n) is 1.38. The predicted molar refractivity (Wildman–Crippen MR) is 65.6 cm³/mol. The zero-order chi connectivity index (χ0) is 12.3. The standard InChI is InChI=1S/C12H12N4O/c1-8-2-3-9(13)10(6-8)16-12(17)11-7-14-4-5-15-11/h2-7H,13H2,1H3,(H,16,17). The normalized spacial score (nSPS) is 9.94. The molecule has 5 nitrogen and oxygen atoms in total. The lowest BCUT2D eigenvalue weighted by atomic mass is 10.2. The van der Waals surface area contributed by atoms with Crippen LogP contribution in [0.3, 0.4) is 0 Å². The summed E-state index contributed by atoms with van der Waals surface area (Å²) in [6.07, 6.45) is 4.38. The van der Waals surface area contributed by atoms with Crippen LogP contribution >= 0.6 is 0 Å². The van der Waals surface area contributed by atoms with Crippen molar-refractivity contribution in [2.45, 2.75) is 6.92 Å². The van der Waals surface area contributed by atoms with Crippen LogP contribution in [0.15, 0.2) is 36.8 Å². The van der Waals surface area contributed by atoms with Gasteiger partial charge in [-0.2, -0.15) is 0 Å². The van der Waals surface area contributed by atoms with Crippen LogP contribution < -0.4 is 11.1 Å². The average Bonchev–Trinajstić information content (AvgIpc) is 2.35. The van der Waals surface area contributed by atoms with Crippen LogP contribution in [0.1, 0.15) is 16.1 Å². The number of carbonyl (C=O) groups is 1. The smallest absolute Gasteiger partial charge is 0.275 e. The number of aromatic nitrogens is 2. The average molecular weight is 228 g/mol. The van der Waals surface area contributed by atoms with E-state index in [4.69, 9.17) is 5.73 Å². The second-order valence-corrected chi connectivity index (χ2v) is 3.64. The van der Waals surface area contributed by atoms with Crippen molar-refractivity contribution in [3.05, 3.63) is 48.0 Å². The van der Waals surface area contributed by atoms with Gasteiger partial charge in [0.25, 0.3) is 5.91 Å². The molecule has 5 heteroatoms. The third kappa shape index (κ3) is 2.57. The highest BCUT2D eigenvalue weighted by Crippen LogP contribution is 2.19. The number of hydrogen-bond donors (Lipinski definition) is 2. The molecule has 0 atom stereocenters. The van der Waals surface area contributed by atoms with E-state index >= 15 is 0 Å². The van der Waals surface area contributed by atoms with E-state index in [1.807, 2.05) is 19.1 Å². The topological polar surface area (TPSA) is 80.9 Å². The Labute approximate surface area is 98.7 Å². The molecule has 1 aromatic heterocycles. The lowest BCUT2D eigenvalue weighted by molar-refractivity contribution is 0.102. The van der Waals surface area contributed by atoms with Gasteiger partial charge in [0, 0.05) is 12.4 Å². The van der Waals surface area contributed by atoms with E-state index in [1.54, 1.807) is 6.07 Å². The Morgan fingerprint density at radius 1 is 1.35 bits per heavy atom. The predicted octanol–water partition coefficient (Wildman–Crippen LogP) is 1.62. The van der Waals surface area contributed by atoms with Gasteiger partial charge in [-0.05, 0) is 24.6 Å². The summed E-state index contributed by atoms with van der Waals surface area (Å²) in [5.74, 6) is -0.324. The molecule has 0 spiro atoms. The van der Waals surface area contributed by atoms with Gasteiger partial charge in [-0.3, -0.25) is 9.78 Å². The summed E-state index contributed by atoms with van der Waals surface area (Å²) < 4.78 is 0. The molecule has 0 saturated heterocycles. The van der Waals surface area contributed by atoms with Gasteiger partial charge in [0.1, 0.15) is 5.69 Å². The van der Waals surface area contributed by atoms with E-state index in [9.17, 15) is 4.79 Å². The van der Waals surface area contributed by atoms with Crippen LogP contribution in [-0.4, -0.2) is 15.9 Å². The monoisotopic (exact) mass is 228 g/mol. The summed E-state index contributed by atoms with van der Waals surface area (Å²) in [4.78, 5) is 19.6. The Kier molecular flexibility index (Phi) is 3.00. The molecular formula is C12H12N4O. The van der Waals surface area contributed by atoms with Crippen molar-refractivity contribution in [2.24, 2.45) is 0 Å². The maximum atomic E-state index is 11.8. The van der Waals surface area contributed by atoms with Crippen LogP contribution in [0.4, 0.5) is 11.4 Å². The highest BCUT2D eigenvalue weighted by molar-refractivity contribution is 6.04. The number of nitrogens with zero attached hydrogens (tertiary/aromatic N) is 2. The van der Waals surface area contributed by atoms with Crippen LogP contribution in [0.25, 0.3) is 0 Å². The Morgan fingerprint density at radius 2 is 2.18 bits per heavy atom. The molecular weight excluding hydrogens is 216 g/mol. The summed E-state index contributed by atoms with van der Waals surface area (Å²) in [5, 5.41) is 2.70. The van der Waals surface area contributed by atoms with Gasteiger partial charge < -0.3 is 11.1 Å². The zero-order valence-corrected chi connectivity index (χ0v) is 9.34. The lowest BCUT2D eigenvalue weighted by Gasteiger charge is -2.08. The van der Waals surface area contributed by atoms with Gasteiger partial charge in [0.15, 0.2) is 0 Å². The third-order valence-electron chi connectivity index (χ3n) is 2.25. The van der Waals surface area contributed by atoms with Crippen LogP contribution in [0.2, 0.25) is 0 Å². The second-order valence-electron chi connectivity index (χ2n) is 3.64. The maximum absolute atomic E-state index is 11.8. The fraction of sp³-hybridized carbons (Fsp3) is 0.0833. The minimum Gasteiger partial charge on any atom is -0.397 e. The molecule has 1 amide bonds. The number of nitrogen functional groups attached to an aromatic ring is 1. The first-order chi connectivity index (χ1) is 8.16. The highest BCUT2D eigenvalue weighted by Gasteiger charge is 2.09. The summed E-state index contributed by atoms with van der Waals surface area (Å²) in [6, 6.07) is 5.44. The number of nitrogens with one attached hydrogen (secondary N) is 1. The Morgan fingerprint density at radius 3 is 2.88 bits per heavy atom. The molecule has 0 bridgehead atoms. The van der Waals surface area contributed by atoms with E-state index in [1.165, 1.54) is 18.6 Å². The maximum Gasteiger partial charge on any atom is 0.275 e. The number of hydrogen-bond acceptors (Lipinski definition) is 4. The molecule has 0 unspecified atom stereocenters. The molecule has 2 rings (SSSR count). The number of amides is 1. The van der Waals surface area contributed by atoms with Crippen molar-refractivity contribution in [2.75, 3.05) is 11.1 Å². The van der Waals surface area contributed by atoms with Gasteiger partial charge in [0.05, 0.1) is 17.6 Å². The summed E-state index contributed by atoms with van der Waals surface area (Å²) in [6.45, 7) is 1.93. The van der Waals surface area contributed by atoms with Gasteiger partial charge in [-0.1, -0.05) is 6.07 Å². The summed E-state index contributed by atoms with van der Waals surface area (Å²) in [7, 11) is 0. The molecule has 17 heavy (non-hydrogen) atoms.